The van der Waals surface area contributed by atoms with Gasteiger partial charge >= 0.3 is 0 Å². The van der Waals surface area contributed by atoms with Gasteiger partial charge in [0, 0.05) is 12.1 Å². The summed E-state index contributed by atoms with van der Waals surface area (Å²) in [5.41, 5.74) is 1.88. The summed E-state index contributed by atoms with van der Waals surface area (Å²) in [6.45, 7) is 0. The molecule has 2 aromatic carbocycles. The van der Waals surface area contributed by atoms with E-state index in [9.17, 15) is 14.4 Å². The first-order valence-corrected chi connectivity index (χ1v) is 9.79. The maximum absolute atomic E-state index is 12.7. The number of nitrogens with one attached hydrogen (secondary N) is 1. The van der Waals surface area contributed by atoms with E-state index in [-0.39, 0.29) is 29.3 Å². The van der Waals surface area contributed by atoms with Gasteiger partial charge in [-0.25, -0.2) is 4.98 Å². The van der Waals surface area contributed by atoms with Crippen molar-refractivity contribution in [3.8, 4) is 0 Å². The Bertz CT molecular complexity index is 1140. The number of aromatic nitrogens is 1. The van der Waals surface area contributed by atoms with E-state index in [1.54, 1.807) is 24.3 Å². The van der Waals surface area contributed by atoms with E-state index >= 15 is 0 Å². The first-order valence-electron chi connectivity index (χ1n) is 8.97. The Hall–Kier alpha value is -3.32. The third kappa shape index (κ3) is 2.80. The van der Waals surface area contributed by atoms with E-state index in [0.29, 0.717) is 11.3 Å². The van der Waals surface area contributed by atoms with E-state index in [2.05, 4.69) is 10.3 Å². The van der Waals surface area contributed by atoms with Gasteiger partial charge < -0.3 is 5.32 Å². The molecule has 1 N–H and O–H groups in total. The summed E-state index contributed by atoms with van der Waals surface area (Å²) in [6.07, 6.45) is 4.72. The van der Waals surface area contributed by atoms with Crippen molar-refractivity contribution in [1.82, 2.24) is 9.88 Å². The number of thiazole rings is 1. The van der Waals surface area contributed by atoms with Gasteiger partial charge in [-0.15, -0.1) is 11.3 Å². The van der Waals surface area contributed by atoms with Crippen molar-refractivity contribution in [3.05, 3.63) is 64.7 Å². The maximum atomic E-state index is 12.7. The predicted molar refractivity (Wildman–Crippen MR) is 107 cm³/mol. The van der Waals surface area contributed by atoms with Crippen molar-refractivity contribution in [2.45, 2.75) is 18.9 Å². The molecule has 1 aromatic heterocycles. The normalized spacial score (nSPS) is 16.2. The molecular weight excluding hydrogens is 374 g/mol. The first-order chi connectivity index (χ1) is 13.6. The highest BCUT2D eigenvalue weighted by Crippen LogP contribution is 2.37. The van der Waals surface area contributed by atoms with Crippen molar-refractivity contribution in [1.29, 1.82) is 0 Å². The van der Waals surface area contributed by atoms with Gasteiger partial charge in [-0.2, -0.15) is 0 Å². The molecule has 0 radical (unpaired) electrons. The zero-order valence-corrected chi connectivity index (χ0v) is 15.5. The largest absolute Gasteiger partial charge is 0.322 e. The number of anilines is 1. The molecule has 2 heterocycles. The molecule has 0 spiro atoms. The van der Waals surface area contributed by atoms with Gasteiger partial charge in [0.15, 0.2) is 0 Å². The number of carbonyl (C=O) groups is 3. The third-order valence-corrected chi connectivity index (χ3v) is 5.81. The number of benzene rings is 2. The lowest BCUT2D eigenvalue weighted by atomic mass is 10.1. The Morgan fingerprint density at radius 1 is 1.11 bits per heavy atom. The van der Waals surface area contributed by atoms with Gasteiger partial charge in [0.1, 0.15) is 5.01 Å². The molecule has 0 saturated heterocycles. The zero-order chi connectivity index (χ0) is 19.3. The summed E-state index contributed by atoms with van der Waals surface area (Å²) < 4.78 is 1.05. The molecule has 1 saturated carbocycles. The number of carbonyl (C=O) groups excluding carboxylic acids is 3. The predicted octanol–water partition coefficient (Wildman–Crippen LogP) is 3.71. The summed E-state index contributed by atoms with van der Waals surface area (Å²) >= 11 is 1.49. The molecule has 7 heteroatoms. The van der Waals surface area contributed by atoms with Gasteiger partial charge in [0.05, 0.1) is 27.0 Å². The molecule has 1 aliphatic carbocycles. The van der Waals surface area contributed by atoms with E-state index in [0.717, 1.165) is 28.1 Å². The average Bonchev–Trinajstić information content (AvgIpc) is 3.37. The number of rotatable bonds is 4. The molecule has 0 atom stereocenters. The number of fused-ring (bicyclic) bond motifs is 2. The minimum absolute atomic E-state index is 0.00474. The number of imide groups is 1. The van der Waals surface area contributed by atoms with Crippen molar-refractivity contribution in [3.63, 3.8) is 0 Å². The highest BCUT2D eigenvalue weighted by molar-refractivity contribution is 7.19. The fourth-order valence-corrected chi connectivity index (χ4v) is 4.22. The van der Waals surface area contributed by atoms with Gasteiger partial charge in [0.25, 0.3) is 11.8 Å². The van der Waals surface area contributed by atoms with Crippen LogP contribution in [0.3, 0.4) is 0 Å². The zero-order valence-electron chi connectivity index (χ0n) is 14.7. The molecule has 1 fully saturated rings. The third-order valence-electron chi connectivity index (χ3n) is 4.80. The molecular formula is C21H15N3O3S. The fraction of sp³-hybridized carbons (Fsp3) is 0.143. The molecule has 28 heavy (non-hydrogen) atoms. The molecule has 0 bridgehead atoms. The Labute approximate surface area is 164 Å². The number of para-hydroxylation sites is 1. The van der Waals surface area contributed by atoms with Crippen molar-refractivity contribution < 1.29 is 14.4 Å². The standard InChI is InChI=1S/C21H15N3O3S/c25-17(10-11-18-23-14-5-1-2-7-16(14)28-18)22-15-6-3-4-13-19(15)21(27)24(20(13)26)12-8-9-12/h1-7,10-12H,8-9H2,(H,22,25)/b11-10+. The van der Waals surface area contributed by atoms with Crippen LogP contribution in [-0.4, -0.2) is 33.6 Å². The van der Waals surface area contributed by atoms with Crippen LogP contribution >= 0.6 is 11.3 Å². The van der Waals surface area contributed by atoms with Crippen LogP contribution in [0.5, 0.6) is 0 Å². The summed E-state index contributed by atoms with van der Waals surface area (Å²) in [4.78, 5) is 43.3. The molecule has 2 aliphatic rings. The number of hydrogen-bond donors (Lipinski definition) is 1. The number of nitrogens with zero attached hydrogens (tertiary/aromatic N) is 2. The quantitative estimate of drug-likeness (QED) is 0.545. The van der Waals surface area contributed by atoms with Gasteiger partial charge in [0.2, 0.25) is 5.91 Å². The van der Waals surface area contributed by atoms with Crippen LogP contribution < -0.4 is 5.32 Å². The Morgan fingerprint density at radius 3 is 2.71 bits per heavy atom. The lowest BCUT2D eigenvalue weighted by Crippen LogP contribution is -2.31. The average molecular weight is 389 g/mol. The van der Waals surface area contributed by atoms with Crippen LogP contribution in [0.2, 0.25) is 0 Å². The Morgan fingerprint density at radius 2 is 1.93 bits per heavy atom. The van der Waals surface area contributed by atoms with E-state index < -0.39 is 0 Å². The minimum Gasteiger partial charge on any atom is -0.322 e. The van der Waals surface area contributed by atoms with Crippen molar-refractivity contribution in [2.75, 3.05) is 5.32 Å². The van der Waals surface area contributed by atoms with Gasteiger partial charge in [-0.3, -0.25) is 19.3 Å². The van der Waals surface area contributed by atoms with Gasteiger partial charge in [-0.05, 0) is 43.2 Å². The highest BCUT2D eigenvalue weighted by Gasteiger charge is 2.45. The second-order valence-electron chi connectivity index (χ2n) is 6.78. The van der Waals surface area contributed by atoms with Crippen molar-refractivity contribution in [2.24, 2.45) is 0 Å². The van der Waals surface area contributed by atoms with Crippen LogP contribution in [0.25, 0.3) is 16.3 Å². The lowest BCUT2D eigenvalue weighted by Gasteiger charge is -2.12. The second-order valence-corrected chi connectivity index (χ2v) is 7.84. The molecule has 3 aromatic rings. The van der Waals surface area contributed by atoms with Crippen LogP contribution in [0, 0.1) is 0 Å². The highest BCUT2D eigenvalue weighted by atomic mass is 32.1. The SMILES string of the molecule is O=C(/C=C/c1nc2ccccc2s1)Nc1cccc2c1C(=O)N(C1CC1)C2=O. The molecule has 5 rings (SSSR count). The van der Waals surface area contributed by atoms with E-state index in [1.807, 2.05) is 24.3 Å². The monoisotopic (exact) mass is 389 g/mol. The Kier molecular flexibility index (Phi) is 3.84. The molecule has 138 valence electrons. The van der Waals surface area contributed by atoms with Crippen molar-refractivity contribution >= 4 is 51.0 Å². The molecule has 6 nitrogen and oxygen atoms in total. The van der Waals surface area contributed by atoms with Crippen LogP contribution in [-0.2, 0) is 4.79 Å². The first kappa shape index (κ1) is 16.8. The summed E-state index contributed by atoms with van der Waals surface area (Å²) in [5, 5.41) is 3.45. The van der Waals surface area contributed by atoms with E-state index in [1.165, 1.54) is 22.3 Å². The number of amides is 3. The van der Waals surface area contributed by atoms with Crippen LogP contribution in [0.15, 0.2) is 48.5 Å². The second kappa shape index (κ2) is 6.38. The number of hydrogen-bond acceptors (Lipinski definition) is 5. The maximum Gasteiger partial charge on any atom is 0.263 e. The summed E-state index contributed by atoms with van der Waals surface area (Å²) in [6, 6.07) is 12.7. The molecule has 1 aliphatic heterocycles. The topological polar surface area (TPSA) is 79.4 Å². The lowest BCUT2D eigenvalue weighted by molar-refractivity contribution is -0.111. The van der Waals surface area contributed by atoms with Crippen LogP contribution in [0.1, 0.15) is 38.6 Å². The van der Waals surface area contributed by atoms with Gasteiger partial charge in [-0.1, -0.05) is 18.2 Å². The smallest absolute Gasteiger partial charge is 0.263 e. The Balaban J connectivity index is 1.38. The molecule has 3 amide bonds. The van der Waals surface area contributed by atoms with Crippen LogP contribution in [0.4, 0.5) is 5.69 Å². The minimum atomic E-state index is -0.377. The molecule has 0 unspecified atom stereocenters. The summed E-state index contributed by atoms with van der Waals surface area (Å²) in [7, 11) is 0. The fourth-order valence-electron chi connectivity index (χ4n) is 3.35. The summed E-state index contributed by atoms with van der Waals surface area (Å²) in [5.74, 6) is -0.977. The van der Waals surface area contributed by atoms with E-state index in [4.69, 9.17) is 0 Å².